The smallest absolute Gasteiger partial charge is 0.322 e. The largest absolute Gasteiger partial charge is 0.366 e. The Balaban J connectivity index is 1.58. The van der Waals surface area contributed by atoms with E-state index in [9.17, 15) is 9.18 Å². The maximum absolute atomic E-state index is 13.8. The molecule has 2 heterocycles. The Labute approximate surface area is 128 Å². The van der Waals surface area contributed by atoms with Gasteiger partial charge in [0.2, 0.25) is 0 Å². The Hall–Kier alpha value is -2.63. The molecule has 0 bridgehead atoms. The predicted octanol–water partition coefficient (Wildman–Crippen LogP) is 2.57. The fourth-order valence-electron chi connectivity index (χ4n) is 2.50. The van der Waals surface area contributed by atoms with E-state index in [1.165, 1.54) is 6.07 Å². The van der Waals surface area contributed by atoms with E-state index in [0.29, 0.717) is 37.6 Å². The van der Waals surface area contributed by atoms with Crippen LogP contribution in [-0.2, 0) is 0 Å². The van der Waals surface area contributed by atoms with Gasteiger partial charge < -0.3 is 15.1 Å². The third-order valence-corrected chi connectivity index (χ3v) is 3.67. The first-order chi connectivity index (χ1) is 10.7. The number of hydrogen-bond acceptors (Lipinski definition) is 3. The number of carbonyl (C=O) groups excluding carboxylic acids is 1. The summed E-state index contributed by atoms with van der Waals surface area (Å²) in [4.78, 5) is 19.8. The normalized spacial score (nSPS) is 14.8. The Bertz CT molecular complexity index is 642. The Kier molecular flexibility index (Phi) is 4.18. The van der Waals surface area contributed by atoms with E-state index in [4.69, 9.17) is 0 Å². The fourth-order valence-corrected chi connectivity index (χ4v) is 2.50. The highest BCUT2D eigenvalue weighted by Crippen LogP contribution is 2.20. The molecule has 1 aromatic carbocycles. The van der Waals surface area contributed by atoms with E-state index in [-0.39, 0.29) is 11.8 Å². The zero-order valence-corrected chi connectivity index (χ0v) is 12.1. The lowest BCUT2D eigenvalue weighted by Crippen LogP contribution is -2.50. The molecule has 6 heteroatoms. The topological polar surface area (TPSA) is 48.5 Å². The van der Waals surface area contributed by atoms with Crippen LogP contribution in [0.2, 0.25) is 0 Å². The van der Waals surface area contributed by atoms with Crippen molar-refractivity contribution in [3.63, 3.8) is 0 Å². The van der Waals surface area contributed by atoms with E-state index >= 15 is 0 Å². The number of nitrogens with zero attached hydrogens (tertiary/aromatic N) is 3. The first kappa shape index (κ1) is 14.3. The second kappa shape index (κ2) is 6.43. The van der Waals surface area contributed by atoms with Gasteiger partial charge in [0, 0.05) is 32.4 Å². The number of pyridine rings is 1. The quantitative estimate of drug-likeness (QED) is 0.927. The summed E-state index contributed by atoms with van der Waals surface area (Å²) in [6.45, 7) is 2.34. The number of hydrogen-bond donors (Lipinski definition) is 1. The van der Waals surface area contributed by atoms with Crippen molar-refractivity contribution in [2.75, 3.05) is 36.4 Å². The lowest BCUT2D eigenvalue weighted by molar-refractivity contribution is 0.208. The monoisotopic (exact) mass is 300 g/mol. The third-order valence-electron chi connectivity index (χ3n) is 3.67. The summed E-state index contributed by atoms with van der Waals surface area (Å²) in [5.74, 6) is -0.226. The number of anilines is 2. The summed E-state index contributed by atoms with van der Waals surface area (Å²) in [5, 5.41) is 2.81. The van der Waals surface area contributed by atoms with E-state index in [2.05, 4.69) is 10.3 Å². The number of amides is 2. The number of para-hydroxylation sites is 1. The van der Waals surface area contributed by atoms with Crippen LogP contribution in [0.1, 0.15) is 0 Å². The highest BCUT2D eigenvalue weighted by Gasteiger charge is 2.22. The number of halogens is 1. The van der Waals surface area contributed by atoms with Crippen LogP contribution >= 0.6 is 0 Å². The van der Waals surface area contributed by atoms with Gasteiger partial charge in [-0.05, 0) is 24.3 Å². The van der Waals surface area contributed by atoms with Crippen molar-refractivity contribution in [1.82, 2.24) is 9.88 Å². The number of aromatic nitrogens is 1. The van der Waals surface area contributed by atoms with Crippen molar-refractivity contribution in [3.05, 3.63) is 54.6 Å². The van der Waals surface area contributed by atoms with Crippen LogP contribution in [-0.4, -0.2) is 42.1 Å². The van der Waals surface area contributed by atoms with Gasteiger partial charge in [0.1, 0.15) is 5.82 Å². The zero-order valence-electron chi connectivity index (χ0n) is 12.1. The highest BCUT2D eigenvalue weighted by atomic mass is 19.1. The van der Waals surface area contributed by atoms with E-state index < -0.39 is 0 Å². The molecule has 3 rings (SSSR count). The first-order valence-corrected chi connectivity index (χ1v) is 7.19. The van der Waals surface area contributed by atoms with Crippen LogP contribution in [0, 0.1) is 5.82 Å². The molecule has 0 radical (unpaired) electrons. The summed E-state index contributed by atoms with van der Waals surface area (Å²) in [6.07, 6.45) is 3.26. The van der Waals surface area contributed by atoms with Crippen LogP contribution in [0.5, 0.6) is 0 Å². The van der Waals surface area contributed by atoms with Gasteiger partial charge >= 0.3 is 6.03 Å². The molecule has 114 valence electrons. The molecular formula is C16H17FN4O. The Morgan fingerprint density at radius 1 is 1.09 bits per heavy atom. The average molecular weight is 300 g/mol. The maximum atomic E-state index is 13.8. The van der Waals surface area contributed by atoms with Gasteiger partial charge in [-0.3, -0.25) is 4.98 Å². The highest BCUT2D eigenvalue weighted by molar-refractivity contribution is 5.89. The van der Waals surface area contributed by atoms with E-state index in [1.807, 2.05) is 11.0 Å². The molecule has 1 aliphatic rings. The van der Waals surface area contributed by atoms with Gasteiger partial charge in [-0.2, -0.15) is 0 Å². The van der Waals surface area contributed by atoms with Gasteiger partial charge in [-0.15, -0.1) is 0 Å². The Morgan fingerprint density at radius 2 is 1.86 bits per heavy atom. The lowest BCUT2D eigenvalue weighted by atomic mass is 10.2. The standard InChI is InChI=1S/C16H17FN4O/c17-14-5-1-2-6-15(14)20-8-10-21(11-9-20)16(22)19-13-4-3-7-18-12-13/h1-7,12H,8-11H2,(H,19,22). The summed E-state index contributed by atoms with van der Waals surface area (Å²) in [6, 6.07) is 10.1. The van der Waals surface area contributed by atoms with Crippen molar-refractivity contribution in [2.24, 2.45) is 0 Å². The number of nitrogens with one attached hydrogen (secondary N) is 1. The van der Waals surface area contributed by atoms with Gasteiger partial charge in [-0.25, -0.2) is 9.18 Å². The minimum Gasteiger partial charge on any atom is -0.366 e. The SMILES string of the molecule is O=C(Nc1cccnc1)N1CCN(c2ccccc2F)CC1. The van der Waals surface area contributed by atoms with Crippen LogP contribution in [0.15, 0.2) is 48.8 Å². The molecule has 1 N–H and O–H groups in total. The third kappa shape index (κ3) is 3.16. The number of carbonyl (C=O) groups is 1. The maximum Gasteiger partial charge on any atom is 0.322 e. The van der Waals surface area contributed by atoms with Gasteiger partial charge in [-0.1, -0.05) is 12.1 Å². The first-order valence-electron chi connectivity index (χ1n) is 7.19. The average Bonchev–Trinajstić information content (AvgIpc) is 2.56. The van der Waals surface area contributed by atoms with E-state index in [0.717, 1.165) is 0 Å². The van der Waals surface area contributed by atoms with E-state index in [1.54, 1.807) is 41.6 Å². The molecule has 0 atom stereocenters. The molecule has 2 aromatic rings. The second-order valence-electron chi connectivity index (χ2n) is 5.10. The van der Waals surface area contributed by atoms with Crippen LogP contribution < -0.4 is 10.2 Å². The van der Waals surface area contributed by atoms with Crippen LogP contribution in [0.3, 0.4) is 0 Å². The molecule has 2 amide bonds. The molecule has 1 aromatic heterocycles. The van der Waals surface area contributed by atoms with Crippen LogP contribution in [0.4, 0.5) is 20.6 Å². The minimum atomic E-state index is -0.226. The minimum absolute atomic E-state index is 0.152. The summed E-state index contributed by atoms with van der Waals surface area (Å²) in [7, 11) is 0. The van der Waals surface area contributed by atoms with Crippen molar-refractivity contribution in [1.29, 1.82) is 0 Å². The summed E-state index contributed by atoms with van der Waals surface area (Å²) in [5.41, 5.74) is 1.26. The number of benzene rings is 1. The number of rotatable bonds is 2. The number of urea groups is 1. The van der Waals surface area contributed by atoms with Crippen molar-refractivity contribution in [3.8, 4) is 0 Å². The molecule has 0 aliphatic carbocycles. The summed E-state index contributed by atoms with van der Waals surface area (Å²) < 4.78 is 13.8. The van der Waals surface area contributed by atoms with Gasteiger partial charge in [0.15, 0.2) is 0 Å². The van der Waals surface area contributed by atoms with Crippen molar-refractivity contribution < 1.29 is 9.18 Å². The summed E-state index contributed by atoms with van der Waals surface area (Å²) >= 11 is 0. The molecule has 1 fully saturated rings. The molecule has 22 heavy (non-hydrogen) atoms. The molecule has 1 saturated heterocycles. The van der Waals surface area contributed by atoms with Crippen molar-refractivity contribution in [2.45, 2.75) is 0 Å². The second-order valence-corrected chi connectivity index (χ2v) is 5.10. The van der Waals surface area contributed by atoms with Gasteiger partial charge in [0.05, 0.1) is 17.6 Å². The molecule has 0 spiro atoms. The molecular weight excluding hydrogens is 283 g/mol. The Morgan fingerprint density at radius 3 is 2.55 bits per heavy atom. The van der Waals surface area contributed by atoms with Crippen LogP contribution in [0.25, 0.3) is 0 Å². The molecule has 0 saturated carbocycles. The molecule has 0 unspecified atom stereocenters. The zero-order chi connectivity index (χ0) is 15.4. The molecule has 5 nitrogen and oxygen atoms in total. The van der Waals surface area contributed by atoms with Crippen molar-refractivity contribution >= 4 is 17.4 Å². The number of piperazine rings is 1. The molecule has 1 aliphatic heterocycles. The predicted molar refractivity (Wildman–Crippen MR) is 83.4 cm³/mol. The fraction of sp³-hybridized carbons (Fsp3) is 0.250. The lowest BCUT2D eigenvalue weighted by Gasteiger charge is -2.36. The van der Waals surface area contributed by atoms with Gasteiger partial charge in [0.25, 0.3) is 0 Å².